The van der Waals surface area contributed by atoms with E-state index in [2.05, 4.69) is 9.71 Å². The molecule has 1 N–H and O–H groups in total. The Morgan fingerprint density at radius 2 is 1.81 bits per heavy atom. The standard InChI is InChI=1S/C18H21Cl2FN2O2S/c1-3-5-13(6-4-2)23-26(24,25)14-7-8-15(17(21)10-14)18-16(20)9-12(19)11-22-18/h7-11,13,23H,3-6H2,1-2H3. The van der Waals surface area contributed by atoms with Crippen LogP contribution in [-0.2, 0) is 10.0 Å². The number of nitrogens with one attached hydrogen (secondary N) is 1. The van der Waals surface area contributed by atoms with E-state index >= 15 is 0 Å². The molecule has 0 fully saturated rings. The highest BCUT2D eigenvalue weighted by molar-refractivity contribution is 7.89. The van der Waals surface area contributed by atoms with E-state index in [0.29, 0.717) is 5.02 Å². The third-order valence-corrected chi connectivity index (χ3v) is 5.92. The average molecular weight is 419 g/mol. The van der Waals surface area contributed by atoms with Gasteiger partial charge in [0.15, 0.2) is 0 Å². The first-order chi connectivity index (χ1) is 12.3. The molecule has 2 aromatic rings. The van der Waals surface area contributed by atoms with E-state index in [0.717, 1.165) is 31.7 Å². The molecule has 0 saturated carbocycles. The normalized spacial score (nSPS) is 11.9. The minimum atomic E-state index is -3.81. The molecule has 0 aliphatic carbocycles. The summed E-state index contributed by atoms with van der Waals surface area (Å²) in [5, 5.41) is 0.525. The summed E-state index contributed by atoms with van der Waals surface area (Å²) >= 11 is 11.9. The van der Waals surface area contributed by atoms with Crippen molar-refractivity contribution in [3.63, 3.8) is 0 Å². The molecule has 0 atom stereocenters. The van der Waals surface area contributed by atoms with Gasteiger partial charge in [-0.2, -0.15) is 0 Å². The van der Waals surface area contributed by atoms with Crippen LogP contribution in [0, 0.1) is 5.82 Å². The van der Waals surface area contributed by atoms with E-state index in [1.54, 1.807) is 0 Å². The Hall–Kier alpha value is -1.21. The molecule has 1 aromatic heterocycles. The molecule has 0 amide bonds. The van der Waals surface area contributed by atoms with Gasteiger partial charge in [0.2, 0.25) is 10.0 Å². The molecule has 0 spiro atoms. The quantitative estimate of drug-likeness (QED) is 0.620. The van der Waals surface area contributed by atoms with Crippen molar-refractivity contribution in [3.05, 3.63) is 46.3 Å². The molecule has 0 bridgehead atoms. The van der Waals surface area contributed by atoms with E-state index in [4.69, 9.17) is 23.2 Å². The number of rotatable bonds is 8. The fourth-order valence-electron chi connectivity index (χ4n) is 2.71. The van der Waals surface area contributed by atoms with Crippen LogP contribution in [0.5, 0.6) is 0 Å². The van der Waals surface area contributed by atoms with Crippen LogP contribution >= 0.6 is 23.2 Å². The molecule has 0 radical (unpaired) electrons. The summed E-state index contributed by atoms with van der Waals surface area (Å²) in [4.78, 5) is 3.90. The highest BCUT2D eigenvalue weighted by Gasteiger charge is 2.21. The van der Waals surface area contributed by atoms with Crippen LogP contribution in [0.2, 0.25) is 10.0 Å². The minimum Gasteiger partial charge on any atom is -0.253 e. The number of aromatic nitrogens is 1. The number of nitrogens with zero attached hydrogens (tertiary/aromatic N) is 1. The maximum Gasteiger partial charge on any atom is 0.240 e. The lowest BCUT2D eigenvalue weighted by Crippen LogP contribution is -2.34. The maximum absolute atomic E-state index is 14.6. The second-order valence-electron chi connectivity index (χ2n) is 6.02. The monoisotopic (exact) mass is 418 g/mol. The van der Waals surface area contributed by atoms with Crippen LogP contribution in [0.25, 0.3) is 11.3 Å². The van der Waals surface area contributed by atoms with Gasteiger partial charge in [0.05, 0.1) is 20.6 Å². The molecule has 142 valence electrons. The smallest absolute Gasteiger partial charge is 0.240 e. The number of hydrogen-bond donors (Lipinski definition) is 1. The van der Waals surface area contributed by atoms with Crippen LogP contribution < -0.4 is 4.72 Å². The Labute approximate surface area is 163 Å². The third-order valence-electron chi connectivity index (χ3n) is 3.91. The SMILES string of the molecule is CCCC(CCC)NS(=O)(=O)c1ccc(-c2ncc(Cl)cc2Cl)c(F)c1. The van der Waals surface area contributed by atoms with Gasteiger partial charge in [0.1, 0.15) is 5.82 Å². The molecule has 4 nitrogen and oxygen atoms in total. The number of sulfonamides is 1. The Kier molecular flexibility index (Phi) is 7.41. The van der Waals surface area contributed by atoms with Crippen molar-refractivity contribution in [2.45, 2.75) is 50.5 Å². The van der Waals surface area contributed by atoms with Gasteiger partial charge in [0, 0.05) is 17.8 Å². The Bertz CT molecular complexity index is 869. The van der Waals surface area contributed by atoms with Crippen molar-refractivity contribution in [3.8, 4) is 11.3 Å². The summed E-state index contributed by atoms with van der Waals surface area (Å²) in [7, 11) is -3.81. The number of halogens is 3. The van der Waals surface area contributed by atoms with Crippen molar-refractivity contribution in [2.75, 3.05) is 0 Å². The lowest BCUT2D eigenvalue weighted by Gasteiger charge is -2.17. The topological polar surface area (TPSA) is 59.1 Å². The molecule has 26 heavy (non-hydrogen) atoms. The van der Waals surface area contributed by atoms with Crippen molar-refractivity contribution in [2.24, 2.45) is 0 Å². The Balaban J connectivity index is 2.33. The fraction of sp³-hybridized carbons (Fsp3) is 0.389. The van der Waals surface area contributed by atoms with Gasteiger partial charge in [-0.25, -0.2) is 17.5 Å². The molecular formula is C18H21Cl2FN2O2S. The molecule has 0 aliphatic rings. The summed E-state index contributed by atoms with van der Waals surface area (Å²) < 4.78 is 42.4. The van der Waals surface area contributed by atoms with Gasteiger partial charge in [-0.3, -0.25) is 4.98 Å². The highest BCUT2D eigenvalue weighted by atomic mass is 35.5. The van der Waals surface area contributed by atoms with Crippen LogP contribution in [0.15, 0.2) is 35.4 Å². The van der Waals surface area contributed by atoms with E-state index in [1.165, 1.54) is 24.4 Å². The zero-order chi connectivity index (χ0) is 19.3. The predicted octanol–water partition coefficient (Wildman–Crippen LogP) is 5.44. The molecule has 0 aliphatic heterocycles. The van der Waals surface area contributed by atoms with Gasteiger partial charge in [0.25, 0.3) is 0 Å². The fourth-order valence-corrected chi connectivity index (χ4v) is 4.51. The Morgan fingerprint density at radius 1 is 1.15 bits per heavy atom. The van der Waals surface area contributed by atoms with Crippen molar-refractivity contribution < 1.29 is 12.8 Å². The van der Waals surface area contributed by atoms with Crippen LogP contribution in [0.1, 0.15) is 39.5 Å². The highest BCUT2D eigenvalue weighted by Crippen LogP contribution is 2.31. The molecule has 0 unspecified atom stereocenters. The van der Waals surface area contributed by atoms with Crippen molar-refractivity contribution in [1.29, 1.82) is 0 Å². The lowest BCUT2D eigenvalue weighted by molar-refractivity contribution is 0.493. The van der Waals surface area contributed by atoms with Crippen LogP contribution in [0.4, 0.5) is 4.39 Å². The molecule has 1 aromatic carbocycles. The summed E-state index contributed by atoms with van der Waals surface area (Å²) in [6, 6.07) is 4.99. The van der Waals surface area contributed by atoms with Crippen LogP contribution in [0.3, 0.4) is 0 Å². The van der Waals surface area contributed by atoms with Crippen molar-refractivity contribution in [1.82, 2.24) is 9.71 Å². The summed E-state index contributed by atoms with van der Waals surface area (Å²) in [5.41, 5.74) is 0.324. The summed E-state index contributed by atoms with van der Waals surface area (Å²) in [6.07, 6.45) is 4.55. The third kappa shape index (κ3) is 5.16. The lowest BCUT2D eigenvalue weighted by atomic mass is 10.1. The predicted molar refractivity (Wildman–Crippen MR) is 104 cm³/mol. The number of benzene rings is 1. The van der Waals surface area contributed by atoms with Gasteiger partial charge >= 0.3 is 0 Å². The average Bonchev–Trinajstić information content (AvgIpc) is 2.55. The van der Waals surface area contributed by atoms with E-state index in [-0.39, 0.29) is 27.2 Å². The maximum atomic E-state index is 14.6. The number of pyridine rings is 1. The zero-order valence-electron chi connectivity index (χ0n) is 14.6. The molecule has 2 rings (SSSR count). The zero-order valence-corrected chi connectivity index (χ0v) is 16.9. The second-order valence-corrected chi connectivity index (χ2v) is 8.58. The summed E-state index contributed by atoms with van der Waals surface area (Å²) in [5.74, 6) is -0.716. The minimum absolute atomic E-state index is 0.115. The van der Waals surface area contributed by atoms with Gasteiger partial charge in [-0.1, -0.05) is 49.9 Å². The van der Waals surface area contributed by atoms with E-state index in [9.17, 15) is 12.8 Å². The first kappa shape index (κ1) is 21.1. The largest absolute Gasteiger partial charge is 0.253 e. The first-order valence-electron chi connectivity index (χ1n) is 8.41. The number of hydrogen-bond acceptors (Lipinski definition) is 3. The van der Waals surface area contributed by atoms with Gasteiger partial charge in [-0.15, -0.1) is 0 Å². The molecule has 1 heterocycles. The van der Waals surface area contributed by atoms with Gasteiger partial charge in [-0.05, 0) is 37.1 Å². The van der Waals surface area contributed by atoms with Gasteiger partial charge < -0.3 is 0 Å². The van der Waals surface area contributed by atoms with E-state index < -0.39 is 15.8 Å². The first-order valence-corrected chi connectivity index (χ1v) is 10.7. The second kappa shape index (κ2) is 9.13. The van der Waals surface area contributed by atoms with Crippen LogP contribution in [-0.4, -0.2) is 19.4 Å². The molecule has 8 heteroatoms. The summed E-state index contributed by atoms with van der Waals surface area (Å²) in [6.45, 7) is 3.99. The Morgan fingerprint density at radius 3 is 2.35 bits per heavy atom. The van der Waals surface area contributed by atoms with Crippen molar-refractivity contribution >= 4 is 33.2 Å². The van der Waals surface area contributed by atoms with E-state index in [1.807, 2.05) is 13.8 Å². The molecular weight excluding hydrogens is 398 g/mol. The molecule has 0 saturated heterocycles.